The summed E-state index contributed by atoms with van der Waals surface area (Å²) >= 11 is 0. The number of hydrogen-bond donors (Lipinski definition) is 3. The van der Waals surface area contributed by atoms with Crippen LogP contribution in [0.3, 0.4) is 0 Å². The molecule has 202 valence electrons. The number of benzene rings is 2. The average Bonchev–Trinajstić information content (AvgIpc) is 3.12. The summed E-state index contributed by atoms with van der Waals surface area (Å²) in [7, 11) is 0. The van der Waals surface area contributed by atoms with Gasteiger partial charge in [-0.2, -0.15) is 0 Å². The number of nitrogens with zero attached hydrogens (tertiary/aromatic N) is 1. The highest BCUT2D eigenvalue weighted by atomic mass is 16.7. The van der Waals surface area contributed by atoms with Gasteiger partial charge in [-0.25, -0.2) is 4.79 Å². The number of nitrogens with one attached hydrogen (secondary N) is 1. The Morgan fingerprint density at radius 3 is 2.29 bits per heavy atom. The maximum atomic E-state index is 12.7. The molecule has 0 radical (unpaired) electrons. The fourth-order valence-corrected chi connectivity index (χ4v) is 4.52. The summed E-state index contributed by atoms with van der Waals surface area (Å²) < 4.78 is 19.5. The van der Waals surface area contributed by atoms with Gasteiger partial charge in [-0.3, -0.25) is 14.3 Å². The number of rotatable bonds is 11. The van der Waals surface area contributed by atoms with Gasteiger partial charge in [-0.05, 0) is 24.5 Å². The molecule has 0 bridgehead atoms. The Balaban J connectivity index is 1.73. The van der Waals surface area contributed by atoms with Crippen molar-refractivity contribution in [2.45, 2.75) is 63.6 Å². The Hall–Kier alpha value is -3.34. The Kier molecular flexibility index (Phi) is 8.76. The Morgan fingerprint density at radius 2 is 1.66 bits per heavy atom. The Labute approximate surface area is 220 Å². The summed E-state index contributed by atoms with van der Waals surface area (Å²) in [5.74, 6) is -2.66. The highest BCUT2D eigenvalue weighted by Crippen LogP contribution is 2.46. The number of aromatic amines is 1. The van der Waals surface area contributed by atoms with E-state index in [4.69, 9.17) is 14.2 Å². The van der Waals surface area contributed by atoms with E-state index in [-0.39, 0.29) is 25.4 Å². The van der Waals surface area contributed by atoms with Crippen LogP contribution in [0.25, 0.3) is 0 Å². The van der Waals surface area contributed by atoms with Crippen molar-refractivity contribution >= 4 is 0 Å². The molecule has 9 heteroatoms. The van der Waals surface area contributed by atoms with E-state index in [1.165, 1.54) is 13.1 Å². The predicted molar refractivity (Wildman–Crippen MR) is 141 cm³/mol. The fraction of sp³-hybridized carbons (Fsp3) is 0.379. The largest absolute Gasteiger partial charge is 0.373 e. The molecule has 0 aliphatic carbocycles. The van der Waals surface area contributed by atoms with Crippen molar-refractivity contribution in [3.63, 3.8) is 0 Å². The molecule has 1 aliphatic rings. The first-order valence-electron chi connectivity index (χ1n) is 12.7. The second-order valence-corrected chi connectivity index (χ2v) is 9.53. The maximum absolute atomic E-state index is 12.7. The van der Waals surface area contributed by atoms with Crippen molar-refractivity contribution in [2.75, 3.05) is 6.61 Å². The van der Waals surface area contributed by atoms with Crippen LogP contribution in [-0.4, -0.2) is 43.9 Å². The fourth-order valence-electron chi connectivity index (χ4n) is 4.52. The lowest BCUT2D eigenvalue weighted by molar-refractivity contribution is -0.259. The van der Waals surface area contributed by atoms with Crippen molar-refractivity contribution in [1.29, 1.82) is 0 Å². The molecule has 4 rings (SSSR count). The van der Waals surface area contributed by atoms with Gasteiger partial charge >= 0.3 is 5.69 Å². The molecule has 2 heterocycles. The zero-order valence-electron chi connectivity index (χ0n) is 21.6. The molecule has 1 aliphatic heterocycles. The maximum Gasteiger partial charge on any atom is 0.330 e. The standard InChI is InChI=1S/C29H34N2O7/c1-3-4-11-16-28(20-36-18-22-12-7-5-8-13-22)25(37-19-23-14-9-6-10-15-23)29(34,35)26(38-28)31-17-21(2)24(32)30-27(31)33/h5-17,25-26,34-35H,3-4,18-20H2,1-2H3,(H,30,32,33)/t25-,26-,28-/m1/s1. The van der Waals surface area contributed by atoms with E-state index in [0.717, 1.165) is 22.1 Å². The predicted octanol–water partition coefficient (Wildman–Crippen LogP) is 2.95. The number of allylic oxidation sites excluding steroid dienone is 1. The van der Waals surface area contributed by atoms with Gasteiger partial charge in [0.05, 0.1) is 19.8 Å². The summed E-state index contributed by atoms with van der Waals surface area (Å²) in [4.78, 5) is 26.9. The third-order valence-corrected chi connectivity index (χ3v) is 6.48. The SMILES string of the molecule is CCCC=C[C@]1(COCc2ccccc2)O[C@@H](n2cc(C)c(=O)[nH]c2=O)C(O)(O)[C@@H]1OCc1ccccc1. The molecule has 1 fully saturated rings. The van der Waals surface area contributed by atoms with Crippen LogP contribution < -0.4 is 11.2 Å². The van der Waals surface area contributed by atoms with Crippen LogP contribution in [0.15, 0.2) is 88.6 Å². The molecule has 1 saturated heterocycles. The number of ether oxygens (including phenoxy) is 3. The van der Waals surface area contributed by atoms with Gasteiger partial charge in [0.2, 0.25) is 5.79 Å². The molecule has 0 spiro atoms. The number of unbranched alkanes of at least 4 members (excludes halogenated alkanes) is 1. The number of aromatic nitrogens is 2. The van der Waals surface area contributed by atoms with Gasteiger partial charge in [-0.1, -0.05) is 86.2 Å². The second kappa shape index (κ2) is 12.0. The molecular formula is C29H34N2O7. The normalized spacial score (nSPS) is 22.7. The number of aryl methyl sites for hydroxylation is 1. The Morgan fingerprint density at radius 1 is 1.03 bits per heavy atom. The highest BCUT2D eigenvalue weighted by molar-refractivity contribution is 5.19. The number of H-pyrrole nitrogens is 1. The molecule has 2 aromatic carbocycles. The van der Waals surface area contributed by atoms with Crippen molar-refractivity contribution in [3.8, 4) is 0 Å². The monoisotopic (exact) mass is 522 g/mol. The van der Waals surface area contributed by atoms with Crippen LogP contribution in [0, 0.1) is 6.92 Å². The van der Waals surface area contributed by atoms with Crippen LogP contribution >= 0.6 is 0 Å². The molecule has 3 N–H and O–H groups in total. The number of aliphatic hydroxyl groups is 2. The minimum absolute atomic E-state index is 0.0616. The summed E-state index contributed by atoms with van der Waals surface area (Å²) in [5.41, 5.74) is -0.897. The summed E-state index contributed by atoms with van der Waals surface area (Å²) in [6, 6.07) is 18.9. The van der Waals surface area contributed by atoms with Gasteiger partial charge in [-0.15, -0.1) is 0 Å². The van der Waals surface area contributed by atoms with Gasteiger partial charge in [0.15, 0.2) is 12.3 Å². The quantitative estimate of drug-likeness (QED) is 0.261. The molecule has 9 nitrogen and oxygen atoms in total. The first-order chi connectivity index (χ1) is 18.3. The lowest BCUT2D eigenvalue weighted by Crippen LogP contribution is -2.54. The van der Waals surface area contributed by atoms with Gasteiger partial charge in [0.1, 0.15) is 5.60 Å². The molecule has 0 unspecified atom stereocenters. The summed E-state index contributed by atoms with van der Waals surface area (Å²) in [6.45, 7) is 3.77. The van der Waals surface area contributed by atoms with Gasteiger partial charge in [0.25, 0.3) is 5.56 Å². The van der Waals surface area contributed by atoms with E-state index < -0.39 is 35.0 Å². The van der Waals surface area contributed by atoms with Crippen LogP contribution in [0.2, 0.25) is 0 Å². The van der Waals surface area contributed by atoms with E-state index in [1.54, 1.807) is 6.08 Å². The van der Waals surface area contributed by atoms with Gasteiger partial charge < -0.3 is 24.4 Å². The molecule has 0 amide bonds. The van der Waals surface area contributed by atoms with Crippen LogP contribution in [0.1, 0.15) is 42.7 Å². The molecule has 1 aromatic heterocycles. The third-order valence-electron chi connectivity index (χ3n) is 6.48. The highest BCUT2D eigenvalue weighted by Gasteiger charge is 2.64. The first kappa shape index (κ1) is 27.7. The van der Waals surface area contributed by atoms with Gasteiger partial charge in [0, 0.05) is 11.8 Å². The lowest BCUT2D eigenvalue weighted by atomic mass is 9.92. The molecular weight excluding hydrogens is 488 g/mol. The Bertz CT molecular complexity index is 1330. The number of hydrogen-bond acceptors (Lipinski definition) is 7. The minimum Gasteiger partial charge on any atom is -0.373 e. The van der Waals surface area contributed by atoms with Crippen molar-refractivity contribution in [1.82, 2.24) is 9.55 Å². The summed E-state index contributed by atoms with van der Waals surface area (Å²) in [5, 5.41) is 23.0. The first-order valence-corrected chi connectivity index (χ1v) is 12.7. The van der Waals surface area contributed by atoms with Crippen molar-refractivity contribution in [2.24, 2.45) is 0 Å². The summed E-state index contributed by atoms with van der Waals surface area (Å²) in [6.07, 6.45) is 3.49. The van der Waals surface area contributed by atoms with E-state index in [1.807, 2.05) is 73.7 Å². The minimum atomic E-state index is -2.66. The molecule has 3 atom stereocenters. The van der Waals surface area contributed by atoms with Crippen molar-refractivity contribution in [3.05, 3.63) is 117 Å². The average molecular weight is 523 g/mol. The van der Waals surface area contributed by atoms with E-state index in [9.17, 15) is 19.8 Å². The van der Waals surface area contributed by atoms with Crippen LogP contribution in [0.5, 0.6) is 0 Å². The lowest BCUT2D eigenvalue weighted by Gasteiger charge is -2.33. The van der Waals surface area contributed by atoms with Crippen molar-refractivity contribution < 1.29 is 24.4 Å². The van der Waals surface area contributed by atoms with Crippen LogP contribution in [-0.2, 0) is 27.4 Å². The van der Waals surface area contributed by atoms with E-state index in [2.05, 4.69) is 4.98 Å². The van der Waals surface area contributed by atoms with Crippen LogP contribution in [0.4, 0.5) is 0 Å². The topological polar surface area (TPSA) is 123 Å². The molecule has 0 saturated carbocycles. The molecule has 3 aromatic rings. The smallest absolute Gasteiger partial charge is 0.330 e. The zero-order valence-corrected chi connectivity index (χ0v) is 21.6. The van der Waals surface area contributed by atoms with E-state index in [0.29, 0.717) is 6.42 Å². The second-order valence-electron chi connectivity index (χ2n) is 9.53. The third kappa shape index (κ3) is 6.03. The zero-order chi connectivity index (χ0) is 27.2. The molecule has 38 heavy (non-hydrogen) atoms. The van der Waals surface area contributed by atoms with E-state index >= 15 is 0 Å².